The fourth-order valence-electron chi connectivity index (χ4n) is 3.53. The van der Waals surface area contributed by atoms with Crippen molar-refractivity contribution in [3.05, 3.63) is 50.6 Å². The number of likely N-dealkylation sites (N-methyl/N-ethyl adjacent to an activating group) is 1. The largest absolute Gasteiger partial charge is 0.493 e. The molecule has 0 bridgehead atoms. The van der Waals surface area contributed by atoms with E-state index in [1.807, 2.05) is 32.9 Å². The van der Waals surface area contributed by atoms with Gasteiger partial charge in [0, 0.05) is 18.8 Å². The van der Waals surface area contributed by atoms with Gasteiger partial charge in [0.1, 0.15) is 5.56 Å². The predicted octanol–water partition coefficient (Wildman–Crippen LogP) is 3.26. The zero-order chi connectivity index (χ0) is 24.2. The summed E-state index contributed by atoms with van der Waals surface area (Å²) in [5, 5.41) is 14.5. The Labute approximate surface area is 186 Å². The molecule has 32 heavy (non-hydrogen) atoms. The van der Waals surface area contributed by atoms with E-state index in [9.17, 15) is 19.7 Å². The van der Waals surface area contributed by atoms with E-state index in [2.05, 4.69) is 5.32 Å². The number of anilines is 1. The minimum absolute atomic E-state index is 0.0102. The number of hydrogen-bond acceptors (Lipinski definition) is 7. The van der Waals surface area contributed by atoms with Crippen LogP contribution in [0.5, 0.6) is 17.2 Å². The molecule has 10 heteroatoms. The van der Waals surface area contributed by atoms with Crippen molar-refractivity contribution in [2.45, 2.75) is 20.8 Å². The lowest BCUT2D eigenvalue weighted by Gasteiger charge is -2.20. The van der Waals surface area contributed by atoms with Gasteiger partial charge in [0.15, 0.2) is 5.75 Å². The van der Waals surface area contributed by atoms with Gasteiger partial charge in [-0.3, -0.25) is 19.7 Å². The average Bonchev–Trinajstić information content (AvgIpc) is 2.73. The fraction of sp³-hybridized carbons (Fsp3) is 0.364. The number of amides is 2. The van der Waals surface area contributed by atoms with Gasteiger partial charge in [0.25, 0.3) is 5.91 Å². The van der Waals surface area contributed by atoms with Crippen molar-refractivity contribution in [3.63, 3.8) is 0 Å². The summed E-state index contributed by atoms with van der Waals surface area (Å²) in [5.74, 6) is -1.36. The Kier molecular flexibility index (Phi) is 7.63. The second kappa shape index (κ2) is 9.99. The third-order valence-electron chi connectivity index (χ3n) is 4.89. The number of aryl methyl sites for hydroxylation is 3. The maximum Gasteiger partial charge on any atom is 0.327 e. The van der Waals surface area contributed by atoms with Crippen molar-refractivity contribution < 1.29 is 28.7 Å². The van der Waals surface area contributed by atoms with Crippen molar-refractivity contribution in [1.82, 2.24) is 4.90 Å². The summed E-state index contributed by atoms with van der Waals surface area (Å²) < 4.78 is 15.5. The Balaban J connectivity index is 2.36. The van der Waals surface area contributed by atoms with Crippen molar-refractivity contribution >= 4 is 23.2 Å². The van der Waals surface area contributed by atoms with Gasteiger partial charge in [-0.1, -0.05) is 17.7 Å². The molecule has 10 nitrogen and oxygen atoms in total. The van der Waals surface area contributed by atoms with E-state index in [-0.39, 0.29) is 29.4 Å². The molecule has 2 rings (SSSR count). The lowest BCUT2D eigenvalue weighted by molar-refractivity contribution is -0.386. The van der Waals surface area contributed by atoms with Crippen molar-refractivity contribution in [3.8, 4) is 17.2 Å². The number of carbonyl (C=O) groups is 2. The van der Waals surface area contributed by atoms with E-state index < -0.39 is 22.4 Å². The molecule has 0 atom stereocenters. The number of nitro benzene ring substituents is 1. The third kappa shape index (κ3) is 4.90. The summed E-state index contributed by atoms with van der Waals surface area (Å²) >= 11 is 0. The zero-order valence-electron chi connectivity index (χ0n) is 19.2. The van der Waals surface area contributed by atoms with Crippen LogP contribution in [-0.2, 0) is 4.79 Å². The van der Waals surface area contributed by atoms with Crippen LogP contribution >= 0.6 is 0 Å². The molecule has 0 aliphatic heterocycles. The summed E-state index contributed by atoms with van der Waals surface area (Å²) in [6.07, 6.45) is 0. The predicted molar refractivity (Wildman–Crippen MR) is 119 cm³/mol. The minimum atomic E-state index is -0.747. The first kappa shape index (κ1) is 24.4. The topological polar surface area (TPSA) is 120 Å². The first-order valence-corrected chi connectivity index (χ1v) is 9.66. The van der Waals surface area contributed by atoms with Crippen LogP contribution in [-0.4, -0.2) is 56.6 Å². The van der Waals surface area contributed by atoms with Crippen LogP contribution < -0.4 is 19.5 Å². The summed E-state index contributed by atoms with van der Waals surface area (Å²) in [7, 11) is 5.24. The van der Waals surface area contributed by atoms with Gasteiger partial charge in [-0.15, -0.1) is 0 Å². The molecule has 0 radical (unpaired) electrons. The van der Waals surface area contributed by atoms with E-state index >= 15 is 0 Å². The molecule has 0 aliphatic carbocycles. The molecule has 0 aliphatic rings. The molecular weight excluding hydrogens is 418 g/mol. The quantitative estimate of drug-likeness (QED) is 0.489. The van der Waals surface area contributed by atoms with E-state index in [0.29, 0.717) is 5.69 Å². The molecule has 0 unspecified atom stereocenters. The SMILES string of the molecule is COc1cc(C(=O)N(C)CC(=O)Nc2c(C)cc(C)cc2C)c([N+](=O)[O-])c(OC)c1OC. The Morgan fingerprint density at radius 3 is 2.03 bits per heavy atom. The van der Waals surface area contributed by atoms with E-state index in [1.165, 1.54) is 34.4 Å². The van der Waals surface area contributed by atoms with Crippen LogP contribution in [0.4, 0.5) is 11.4 Å². The number of methoxy groups -OCH3 is 3. The van der Waals surface area contributed by atoms with Gasteiger partial charge in [-0.2, -0.15) is 0 Å². The molecule has 0 aromatic heterocycles. The number of nitro groups is 1. The highest BCUT2D eigenvalue weighted by Gasteiger charge is 2.34. The van der Waals surface area contributed by atoms with Gasteiger partial charge < -0.3 is 24.4 Å². The standard InChI is InChI=1S/C22H27N3O7/c1-12-8-13(2)18(14(3)9-12)23-17(26)11-24(4)22(27)15-10-16(30-5)20(31-6)21(32-7)19(15)25(28)29/h8-10H,11H2,1-7H3,(H,23,26). The smallest absolute Gasteiger partial charge is 0.327 e. The van der Waals surface area contributed by atoms with Crippen molar-refractivity contribution in [1.29, 1.82) is 0 Å². The zero-order valence-corrected chi connectivity index (χ0v) is 19.2. The number of carbonyl (C=O) groups excluding carboxylic acids is 2. The van der Waals surface area contributed by atoms with Crippen LogP contribution in [0.25, 0.3) is 0 Å². The van der Waals surface area contributed by atoms with Gasteiger partial charge in [0.05, 0.1) is 32.8 Å². The number of hydrogen-bond donors (Lipinski definition) is 1. The van der Waals surface area contributed by atoms with Gasteiger partial charge in [-0.25, -0.2) is 0 Å². The first-order valence-electron chi connectivity index (χ1n) is 9.66. The summed E-state index contributed by atoms with van der Waals surface area (Å²) in [5.41, 5.74) is 2.66. The molecule has 0 saturated heterocycles. The number of ether oxygens (including phenoxy) is 3. The highest BCUT2D eigenvalue weighted by Crippen LogP contribution is 2.46. The summed E-state index contributed by atoms with van der Waals surface area (Å²) in [6, 6.07) is 5.08. The number of nitrogens with zero attached hydrogens (tertiary/aromatic N) is 2. The fourth-order valence-corrected chi connectivity index (χ4v) is 3.53. The van der Waals surface area contributed by atoms with E-state index in [4.69, 9.17) is 14.2 Å². The first-order chi connectivity index (χ1) is 15.0. The molecule has 0 saturated carbocycles. The van der Waals surface area contributed by atoms with E-state index in [1.54, 1.807) is 0 Å². The molecule has 0 spiro atoms. The van der Waals surface area contributed by atoms with Crippen LogP contribution in [0.1, 0.15) is 27.0 Å². The van der Waals surface area contributed by atoms with Crippen LogP contribution in [0.2, 0.25) is 0 Å². The average molecular weight is 445 g/mol. The third-order valence-corrected chi connectivity index (χ3v) is 4.89. The Morgan fingerprint density at radius 1 is 1.00 bits per heavy atom. The number of rotatable bonds is 8. The van der Waals surface area contributed by atoms with Gasteiger partial charge in [0.2, 0.25) is 17.4 Å². The number of benzene rings is 2. The monoisotopic (exact) mass is 445 g/mol. The van der Waals surface area contributed by atoms with Crippen molar-refractivity contribution in [2.75, 3.05) is 40.2 Å². The molecule has 2 aromatic carbocycles. The highest BCUT2D eigenvalue weighted by molar-refractivity contribution is 6.03. The summed E-state index contributed by atoms with van der Waals surface area (Å²) in [4.78, 5) is 37.8. The Bertz CT molecular complexity index is 1040. The molecule has 0 heterocycles. The maximum absolute atomic E-state index is 13.1. The summed E-state index contributed by atoms with van der Waals surface area (Å²) in [6.45, 7) is 5.40. The molecule has 0 fully saturated rings. The minimum Gasteiger partial charge on any atom is -0.493 e. The van der Waals surface area contributed by atoms with Crippen molar-refractivity contribution in [2.24, 2.45) is 0 Å². The van der Waals surface area contributed by atoms with Gasteiger partial charge in [-0.05, 0) is 31.9 Å². The second-order valence-electron chi connectivity index (χ2n) is 7.28. The van der Waals surface area contributed by atoms with Crippen LogP contribution in [0, 0.1) is 30.9 Å². The second-order valence-corrected chi connectivity index (χ2v) is 7.28. The molecule has 172 valence electrons. The maximum atomic E-state index is 13.1. The lowest BCUT2D eigenvalue weighted by atomic mass is 10.1. The van der Waals surface area contributed by atoms with E-state index in [0.717, 1.165) is 21.6 Å². The molecule has 1 N–H and O–H groups in total. The normalized spacial score (nSPS) is 10.3. The lowest BCUT2D eigenvalue weighted by Crippen LogP contribution is -2.35. The molecule has 2 amide bonds. The van der Waals surface area contributed by atoms with Crippen LogP contribution in [0.3, 0.4) is 0 Å². The molecule has 2 aromatic rings. The van der Waals surface area contributed by atoms with Gasteiger partial charge >= 0.3 is 5.69 Å². The Morgan fingerprint density at radius 2 is 1.56 bits per heavy atom. The Hall–Kier alpha value is -3.82. The van der Waals surface area contributed by atoms with Crippen LogP contribution in [0.15, 0.2) is 18.2 Å². The molecular formula is C22H27N3O7. The highest BCUT2D eigenvalue weighted by atomic mass is 16.6. The number of nitrogens with one attached hydrogen (secondary N) is 1.